The van der Waals surface area contributed by atoms with Crippen LogP contribution in [0.15, 0.2) is 0 Å². The van der Waals surface area contributed by atoms with Crippen molar-refractivity contribution in [1.82, 2.24) is 4.90 Å². The van der Waals surface area contributed by atoms with Crippen LogP contribution in [0.2, 0.25) is 0 Å². The van der Waals surface area contributed by atoms with Crippen molar-refractivity contribution >= 4 is 18.3 Å². The van der Waals surface area contributed by atoms with Crippen molar-refractivity contribution in [3.05, 3.63) is 0 Å². The van der Waals surface area contributed by atoms with E-state index in [1.54, 1.807) is 4.90 Å². The zero-order valence-corrected chi connectivity index (χ0v) is 10.7. The van der Waals surface area contributed by atoms with Crippen LogP contribution in [0.3, 0.4) is 0 Å². The fourth-order valence-electron chi connectivity index (χ4n) is 2.53. The molecule has 4 unspecified atom stereocenters. The first-order valence-corrected chi connectivity index (χ1v) is 5.75. The highest BCUT2D eigenvalue weighted by atomic mass is 35.5. The summed E-state index contributed by atoms with van der Waals surface area (Å²) in [6.45, 7) is 2.50. The minimum absolute atomic E-state index is 0. The molecule has 2 bridgehead atoms. The lowest BCUT2D eigenvalue weighted by atomic mass is 9.88. The summed E-state index contributed by atoms with van der Waals surface area (Å²) in [5.74, 6) is 0.294. The van der Waals surface area contributed by atoms with Crippen molar-refractivity contribution in [3.63, 3.8) is 0 Å². The fraction of sp³-hybridized carbons (Fsp3) is 0.909. The Kier molecular flexibility index (Phi) is 4.59. The van der Waals surface area contributed by atoms with Gasteiger partial charge in [0.15, 0.2) is 0 Å². The standard InChI is InChI=1S/C11H20N2O2.ClH/c1-7(6-12)13(2)11(14)9-5-8-3-4-10(9)15-8;/h7-10H,3-6,12H2,1-2H3;1H. The molecule has 0 saturated carbocycles. The molecule has 0 spiro atoms. The number of halogens is 1. The number of rotatable bonds is 3. The van der Waals surface area contributed by atoms with Crippen molar-refractivity contribution in [2.45, 2.75) is 44.4 Å². The van der Waals surface area contributed by atoms with Gasteiger partial charge in [-0.3, -0.25) is 4.79 Å². The summed E-state index contributed by atoms with van der Waals surface area (Å²) in [6, 6.07) is 0.122. The van der Waals surface area contributed by atoms with E-state index in [0.29, 0.717) is 12.6 Å². The predicted molar refractivity (Wildman–Crippen MR) is 64.5 cm³/mol. The van der Waals surface area contributed by atoms with Gasteiger partial charge in [-0.15, -0.1) is 12.4 Å². The number of fused-ring (bicyclic) bond motifs is 2. The molecule has 16 heavy (non-hydrogen) atoms. The third-order valence-corrected chi connectivity index (χ3v) is 3.77. The van der Waals surface area contributed by atoms with Crippen LogP contribution in [0.1, 0.15) is 26.2 Å². The number of nitrogens with zero attached hydrogens (tertiary/aromatic N) is 1. The van der Waals surface area contributed by atoms with Crippen LogP contribution >= 0.6 is 12.4 Å². The predicted octanol–water partition coefficient (Wildman–Crippen LogP) is 0.781. The van der Waals surface area contributed by atoms with Crippen molar-refractivity contribution in [1.29, 1.82) is 0 Å². The van der Waals surface area contributed by atoms with Crippen LogP contribution in [-0.2, 0) is 9.53 Å². The van der Waals surface area contributed by atoms with Crippen molar-refractivity contribution in [3.8, 4) is 0 Å². The molecule has 2 N–H and O–H groups in total. The van der Waals surface area contributed by atoms with Gasteiger partial charge in [-0.05, 0) is 26.2 Å². The van der Waals surface area contributed by atoms with Gasteiger partial charge < -0.3 is 15.4 Å². The number of likely N-dealkylation sites (N-methyl/N-ethyl adjacent to an activating group) is 1. The number of hydrogen-bond acceptors (Lipinski definition) is 3. The molecule has 0 aliphatic carbocycles. The Morgan fingerprint density at radius 2 is 2.25 bits per heavy atom. The second-order valence-electron chi connectivity index (χ2n) is 4.75. The normalized spacial score (nSPS) is 33.3. The number of carbonyl (C=O) groups is 1. The highest BCUT2D eigenvalue weighted by Crippen LogP contribution is 2.39. The van der Waals surface area contributed by atoms with Crippen LogP contribution in [0, 0.1) is 5.92 Å². The third kappa shape index (κ3) is 2.34. The molecule has 0 aromatic heterocycles. The van der Waals surface area contributed by atoms with E-state index in [4.69, 9.17) is 10.5 Å². The lowest BCUT2D eigenvalue weighted by Crippen LogP contribution is -2.45. The van der Waals surface area contributed by atoms with Gasteiger partial charge in [-0.1, -0.05) is 0 Å². The highest BCUT2D eigenvalue weighted by Gasteiger charge is 2.45. The summed E-state index contributed by atoms with van der Waals surface area (Å²) in [7, 11) is 1.84. The minimum atomic E-state index is 0. The number of nitrogens with two attached hydrogens (primary N) is 1. The smallest absolute Gasteiger partial charge is 0.228 e. The van der Waals surface area contributed by atoms with Crippen LogP contribution < -0.4 is 5.73 Å². The Bertz CT molecular complexity index is 262. The van der Waals surface area contributed by atoms with Gasteiger partial charge in [-0.25, -0.2) is 0 Å². The molecule has 4 atom stereocenters. The van der Waals surface area contributed by atoms with Crippen LogP contribution in [0.5, 0.6) is 0 Å². The maximum atomic E-state index is 12.1. The number of amides is 1. The van der Waals surface area contributed by atoms with Gasteiger partial charge in [0.1, 0.15) is 0 Å². The molecular formula is C11H21ClN2O2. The second-order valence-corrected chi connectivity index (χ2v) is 4.75. The second kappa shape index (κ2) is 5.34. The Labute approximate surface area is 103 Å². The zero-order valence-electron chi connectivity index (χ0n) is 9.89. The van der Waals surface area contributed by atoms with Crippen LogP contribution in [0.25, 0.3) is 0 Å². The Hall–Kier alpha value is -0.320. The summed E-state index contributed by atoms with van der Waals surface area (Å²) in [4.78, 5) is 13.9. The average Bonchev–Trinajstić information content (AvgIpc) is 2.87. The maximum absolute atomic E-state index is 12.1. The van der Waals surface area contributed by atoms with E-state index in [9.17, 15) is 4.79 Å². The molecule has 4 nitrogen and oxygen atoms in total. The van der Waals surface area contributed by atoms with Gasteiger partial charge in [-0.2, -0.15) is 0 Å². The number of hydrogen-bond donors (Lipinski definition) is 1. The minimum Gasteiger partial charge on any atom is -0.374 e. The lowest BCUT2D eigenvalue weighted by molar-refractivity contribution is -0.137. The van der Waals surface area contributed by atoms with E-state index in [-0.39, 0.29) is 36.4 Å². The molecule has 0 aromatic rings. The van der Waals surface area contributed by atoms with Crippen molar-refractivity contribution in [2.75, 3.05) is 13.6 Å². The largest absolute Gasteiger partial charge is 0.374 e. The summed E-state index contributed by atoms with van der Waals surface area (Å²) >= 11 is 0. The molecule has 0 aromatic carbocycles. The first-order chi connectivity index (χ1) is 7.13. The van der Waals surface area contributed by atoms with E-state index < -0.39 is 0 Å². The van der Waals surface area contributed by atoms with Crippen LogP contribution in [-0.4, -0.2) is 42.6 Å². The van der Waals surface area contributed by atoms with E-state index in [1.807, 2.05) is 14.0 Å². The SMILES string of the molecule is CC(CN)N(C)C(=O)C1CC2CCC1O2.Cl. The van der Waals surface area contributed by atoms with Gasteiger partial charge in [0.25, 0.3) is 0 Å². The molecule has 1 amide bonds. The molecule has 2 saturated heterocycles. The lowest BCUT2D eigenvalue weighted by Gasteiger charge is -2.28. The van der Waals surface area contributed by atoms with Crippen molar-refractivity contribution < 1.29 is 9.53 Å². The quantitative estimate of drug-likeness (QED) is 0.803. The molecule has 2 aliphatic heterocycles. The summed E-state index contributed by atoms with van der Waals surface area (Å²) < 4.78 is 5.69. The van der Waals surface area contributed by atoms with Crippen LogP contribution in [0.4, 0.5) is 0 Å². The molecular weight excluding hydrogens is 228 g/mol. The number of ether oxygens (including phenoxy) is 1. The first-order valence-electron chi connectivity index (χ1n) is 5.75. The van der Waals surface area contributed by atoms with Gasteiger partial charge in [0.2, 0.25) is 5.91 Å². The average molecular weight is 249 g/mol. The molecule has 94 valence electrons. The first kappa shape index (κ1) is 13.7. The number of carbonyl (C=O) groups excluding carboxylic acids is 1. The van der Waals surface area contributed by atoms with Gasteiger partial charge in [0, 0.05) is 19.6 Å². The topological polar surface area (TPSA) is 55.6 Å². The summed E-state index contributed by atoms with van der Waals surface area (Å²) in [6.07, 6.45) is 3.60. The van der Waals surface area contributed by atoms with E-state index >= 15 is 0 Å². The maximum Gasteiger partial charge on any atom is 0.228 e. The molecule has 2 fully saturated rings. The Balaban J connectivity index is 0.00000128. The fourth-order valence-corrected chi connectivity index (χ4v) is 2.53. The van der Waals surface area contributed by atoms with Gasteiger partial charge >= 0.3 is 0 Å². The van der Waals surface area contributed by atoms with E-state index in [1.165, 1.54) is 0 Å². The summed E-state index contributed by atoms with van der Waals surface area (Å²) in [5, 5.41) is 0. The Morgan fingerprint density at radius 1 is 1.56 bits per heavy atom. The van der Waals surface area contributed by atoms with Crippen molar-refractivity contribution in [2.24, 2.45) is 11.7 Å². The van der Waals surface area contributed by atoms with Gasteiger partial charge in [0.05, 0.1) is 18.1 Å². The Morgan fingerprint density at radius 3 is 2.69 bits per heavy atom. The molecule has 2 rings (SSSR count). The van der Waals surface area contributed by atoms with E-state index in [0.717, 1.165) is 19.3 Å². The van der Waals surface area contributed by atoms with E-state index in [2.05, 4.69) is 0 Å². The monoisotopic (exact) mass is 248 g/mol. The molecule has 2 heterocycles. The summed E-state index contributed by atoms with van der Waals surface area (Å²) in [5.41, 5.74) is 5.56. The molecule has 2 aliphatic rings. The highest BCUT2D eigenvalue weighted by molar-refractivity contribution is 5.85. The third-order valence-electron chi connectivity index (χ3n) is 3.77. The zero-order chi connectivity index (χ0) is 11.0. The molecule has 5 heteroatoms. The molecule has 0 radical (unpaired) electrons.